The zero-order valence-electron chi connectivity index (χ0n) is 9.21. The fourth-order valence-electron chi connectivity index (χ4n) is 1.72. The van der Waals surface area contributed by atoms with Gasteiger partial charge in [0.05, 0.1) is 4.92 Å². The summed E-state index contributed by atoms with van der Waals surface area (Å²) in [7, 11) is 0. The number of nitrogens with zero attached hydrogens (tertiary/aromatic N) is 4. The van der Waals surface area contributed by atoms with Crippen molar-refractivity contribution in [3.63, 3.8) is 0 Å². The van der Waals surface area contributed by atoms with Crippen LogP contribution in [0.5, 0.6) is 0 Å². The molecule has 0 saturated carbocycles. The Bertz CT molecular complexity index is 676. The standard InChI is InChI=1S/C9H8F2N4O3/c1-2-13-7-6(14(8(10)11)9(13)16)3-5(4-12-7)15(17)18/h3-4,8H,2H2,1H3. The van der Waals surface area contributed by atoms with E-state index in [0.29, 0.717) is 0 Å². The number of halogens is 2. The summed E-state index contributed by atoms with van der Waals surface area (Å²) in [6, 6.07) is 0.919. The minimum Gasteiger partial charge on any atom is -0.276 e. The minimum atomic E-state index is -3.07. The van der Waals surface area contributed by atoms with E-state index in [1.54, 1.807) is 6.92 Å². The number of rotatable bonds is 3. The highest BCUT2D eigenvalue weighted by Gasteiger charge is 2.21. The van der Waals surface area contributed by atoms with E-state index in [0.717, 1.165) is 16.8 Å². The third kappa shape index (κ3) is 1.63. The van der Waals surface area contributed by atoms with Crippen molar-refractivity contribution in [1.82, 2.24) is 14.1 Å². The Morgan fingerprint density at radius 3 is 2.72 bits per heavy atom. The Labute approximate surface area is 98.4 Å². The smallest absolute Gasteiger partial charge is 0.276 e. The van der Waals surface area contributed by atoms with Crippen LogP contribution in [0.3, 0.4) is 0 Å². The lowest BCUT2D eigenvalue weighted by molar-refractivity contribution is -0.385. The fraction of sp³-hybridized carbons (Fsp3) is 0.333. The third-order valence-electron chi connectivity index (χ3n) is 2.51. The van der Waals surface area contributed by atoms with Crippen LogP contribution in [0.15, 0.2) is 17.1 Å². The van der Waals surface area contributed by atoms with Crippen LogP contribution in [-0.2, 0) is 6.54 Å². The van der Waals surface area contributed by atoms with Crippen molar-refractivity contribution in [3.05, 3.63) is 32.9 Å². The minimum absolute atomic E-state index is 0.00778. The lowest BCUT2D eigenvalue weighted by Crippen LogP contribution is -2.24. The molecular weight excluding hydrogens is 250 g/mol. The molecule has 0 aliphatic rings. The molecule has 2 heterocycles. The van der Waals surface area contributed by atoms with Crippen molar-refractivity contribution in [3.8, 4) is 0 Å². The normalized spacial score (nSPS) is 11.3. The van der Waals surface area contributed by atoms with Crippen molar-refractivity contribution in [2.75, 3.05) is 0 Å². The zero-order chi connectivity index (χ0) is 13.4. The summed E-state index contributed by atoms with van der Waals surface area (Å²) in [6.45, 7) is -1.32. The predicted molar refractivity (Wildman–Crippen MR) is 57.6 cm³/mol. The van der Waals surface area contributed by atoms with Crippen molar-refractivity contribution in [1.29, 1.82) is 0 Å². The first kappa shape index (κ1) is 12.1. The maximum atomic E-state index is 12.8. The van der Waals surface area contributed by atoms with Gasteiger partial charge in [0.2, 0.25) is 0 Å². The predicted octanol–water partition coefficient (Wildman–Crippen LogP) is 1.52. The van der Waals surface area contributed by atoms with Crippen LogP contribution in [0.25, 0.3) is 11.2 Å². The molecule has 0 aliphatic carbocycles. The summed E-state index contributed by atoms with van der Waals surface area (Å²) >= 11 is 0. The molecule has 9 heteroatoms. The van der Waals surface area contributed by atoms with Gasteiger partial charge in [-0.2, -0.15) is 8.78 Å². The van der Waals surface area contributed by atoms with Gasteiger partial charge in [0.1, 0.15) is 11.7 Å². The molecule has 0 spiro atoms. The van der Waals surface area contributed by atoms with Gasteiger partial charge in [-0.05, 0) is 6.92 Å². The number of imidazole rings is 1. The van der Waals surface area contributed by atoms with Crippen molar-refractivity contribution < 1.29 is 13.7 Å². The van der Waals surface area contributed by atoms with Gasteiger partial charge in [-0.3, -0.25) is 14.7 Å². The number of alkyl halides is 2. The van der Waals surface area contributed by atoms with Gasteiger partial charge in [-0.25, -0.2) is 14.3 Å². The highest BCUT2D eigenvalue weighted by Crippen LogP contribution is 2.21. The van der Waals surface area contributed by atoms with E-state index in [4.69, 9.17) is 0 Å². The Kier molecular flexibility index (Phi) is 2.81. The van der Waals surface area contributed by atoms with Gasteiger partial charge in [0, 0.05) is 12.6 Å². The average Bonchev–Trinajstić information content (AvgIpc) is 2.59. The molecule has 18 heavy (non-hydrogen) atoms. The Morgan fingerprint density at radius 1 is 1.56 bits per heavy atom. The van der Waals surface area contributed by atoms with Gasteiger partial charge in [-0.15, -0.1) is 0 Å². The molecule has 0 N–H and O–H groups in total. The molecule has 0 aromatic carbocycles. The number of fused-ring (bicyclic) bond motifs is 1. The highest BCUT2D eigenvalue weighted by molar-refractivity contribution is 5.74. The molecule has 0 aliphatic heterocycles. The fourth-order valence-corrected chi connectivity index (χ4v) is 1.72. The lowest BCUT2D eigenvalue weighted by atomic mass is 10.4. The monoisotopic (exact) mass is 258 g/mol. The summed E-state index contributed by atoms with van der Waals surface area (Å²) in [6.07, 6.45) is 0.934. The molecular formula is C9H8F2N4O3. The van der Waals surface area contributed by atoms with Crippen LogP contribution >= 0.6 is 0 Å². The molecule has 2 aromatic rings. The van der Waals surface area contributed by atoms with E-state index in [2.05, 4.69) is 4.98 Å². The molecule has 0 saturated heterocycles. The van der Waals surface area contributed by atoms with Gasteiger partial charge < -0.3 is 0 Å². The Balaban J connectivity index is 2.88. The van der Waals surface area contributed by atoms with Gasteiger partial charge in [0.25, 0.3) is 5.69 Å². The van der Waals surface area contributed by atoms with E-state index in [9.17, 15) is 23.7 Å². The van der Waals surface area contributed by atoms with Crippen LogP contribution in [0.4, 0.5) is 14.5 Å². The van der Waals surface area contributed by atoms with Gasteiger partial charge in [-0.1, -0.05) is 0 Å². The second-order valence-corrected chi connectivity index (χ2v) is 3.47. The number of nitro groups is 1. The van der Waals surface area contributed by atoms with E-state index < -0.39 is 22.8 Å². The van der Waals surface area contributed by atoms with Crippen LogP contribution in [-0.4, -0.2) is 19.0 Å². The number of pyridine rings is 1. The molecule has 0 radical (unpaired) electrons. The summed E-state index contributed by atoms with van der Waals surface area (Å²) in [5.74, 6) is 0. The molecule has 2 aromatic heterocycles. The molecule has 0 atom stereocenters. The molecule has 2 rings (SSSR count). The van der Waals surface area contributed by atoms with E-state index >= 15 is 0 Å². The first-order valence-corrected chi connectivity index (χ1v) is 5.00. The van der Waals surface area contributed by atoms with Gasteiger partial charge >= 0.3 is 12.2 Å². The summed E-state index contributed by atoms with van der Waals surface area (Å²) < 4.78 is 26.8. The SMILES string of the molecule is CCn1c(=O)n(C(F)F)c2cc([N+](=O)[O-])cnc21. The summed E-state index contributed by atoms with van der Waals surface area (Å²) in [5, 5.41) is 10.6. The highest BCUT2D eigenvalue weighted by atomic mass is 19.3. The molecule has 0 bridgehead atoms. The van der Waals surface area contributed by atoms with E-state index in [1.807, 2.05) is 0 Å². The maximum Gasteiger partial charge on any atom is 0.334 e. The van der Waals surface area contributed by atoms with Crippen molar-refractivity contribution in [2.24, 2.45) is 0 Å². The van der Waals surface area contributed by atoms with Gasteiger partial charge in [0.15, 0.2) is 5.65 Å². The number of aryl methyl sites for hydroxylation is 1. The lowest BCUT2D eigenvalue weighted by Gasteiger charge is -1.99. The summed E-state index contributed by atoms with van der Waals surface area (Å²) in [5.41, 5.74) is -1.61. The third-order valence-corrected chi connectivity index (χ3v) is 2.51. The van der Waals surface area contributed by atoms with E-state index in [-0.39, 0.29) is 22.3 Å². The van der Waals surface area contributed by atoms with Crippen LogP contribution in [0.1, 0.15) is 13.5 Å². The molecule has 7 nitrogen and oxygen atoms in total. The van der Waals surface area contributed by atoms with E-state index in [1.165, 1.54) is 0 Å². The summed E-state index contributed by atoms with van der Waals surface area (Å²) in [4.78, 5) is 25.2. The van der Waals surface area contributed by atoms with Crippen LogP contribution in [0, 0.1) is 10.1 Å². The molecule has 0 unspecified atom stereocenters. The largest absolute Gasteiger partial charge is 0.334 e. The number of aromatic nitrogens is 3. The Hall–Kier alpha value is -2.32. The number of hydrogen-bond acceptors (Lipinski definition) is 4. The van der Waals surface area contributed by atoms with Crippen LogP contribution in [0.2, 0.25) is 0 Å². The first-order chi connectivity index (χ1) is 8.47. The first-order valence-electron chi connectivity index (χ1n) is 5.00. The molecule has 96 valence electrons. The quantitative estimate of drug-likeness (QED) is 0.617. The Morgan fingerprint density at radius 2 is 2.22 bits per heavy atom. The number of hydrogen-bond donors (Lipinski definition) is 0. The topological polar surface area (TPSA) is 83.0 Å². The maximum absolute atomic E-state index is 12.8. The van der Waals surface area contributed by atoms with Crippen molar-refractivity contribution >= 4 is 16.9 Å². The van der Waals surface area contributed by atoms with Crippen molar-refractivity contribution in [2.45, 2.75) is 20.0 Å². The average molecular weight is 258 g/mol. The van der Waals surface area contributed by atoms with Crippen LogP contribution < -0.4 is 5.69 Å². The second kappa shape index (κ2) is 4.17. The second-order valence-electron chi connectivity index (χ2n) is 3.47. The molecule has 0 amide bonds. The zero-order valence-corrected chi connectivity index (χ0v) is 9.21. The molecule has 0 fully saturated rings.